The Morgan fingerprint density at radius 2 is 0.434 bits per heavy atom. The van der Waals surface area contributed by atoms with E-state index in [1.54, 1.807) is 0 Å². The highest BCUT2D eigenvalue weighted by molar-refractivity contribution is 5.71. The molecule has 0 bridgehead atoms. The fourth-order valence-electron chi connectivity index (χ4n) is 11.2. The second-order valence-corrected chi connectivity index (χ2v) is 25.2. The molecule has 0 aromatic heterocycles. The van der Waals surface area contributed by atoms with E-state index in [1.165, 1.54) is 302 Å². The molecule has 0 heterocycles. The van der Waals surface area contributed by atoms with E-state index in [0.717, 1.165) is 64.2 Å². The molecule has 0 rings (SSSR count). The first kappa shape index (κ1) is 80.4. The van der Waals surface area contributed by atoms with Crippen LogP contribution in [0.5, 0.6) is 0 Å². The molecule has 6 heteroatoms. The van der Waals surface area contributed by atoms with Crippen LogP contribution in [0.25, 0.3) is 0 Å². The van der Waals surface area contributed by atoms with Crippen LogP contribution in [-0.2, 0) is 28.6 Å². The summed E-state index contributed by atoms with van der Waals surface area (Å²) in [5.41, 5.74) is 0. The van der Waals surface area contributed by atoms with Crippen molar-refractivity contribution in [2.75, 3.05) is 13.2 Å². The summed E-state index contributed by atoms with van der Waals surface area (Å²) in [4.78, 5) is 38.6. The van der Waals surface area contributed by atoms with Gasteiger partial charge in [-0.25, -0.2) is 0 Å². The predicted molar refractivity (Wildman–Crippen MR) is 362 cm³/mol. The van der Waals surface area contributed by atoms with Crippen molar-refractivity contribution in [1.29, 1.82) is 0 Å². The standard InChI is InChI=1S/C77H142O6/c1-4-7-10-13-16-19-22-25-28-31-34-36-37-38-39-41-43-46-49-52-55-58-61-64-67-70-76(79)82-73-74(72-81-75(78)69-66-63-60-57-54-51-48-45-42-33-30-27-24-21-18-15-12-9-6-3)83-77(80)71-68-65-62-59-56-53-50-47-44-40-35-32-29-26-23-20-17-14-11-8-5-2/h22,25,27,30-32,34-35,74H,4-21,23-24,26,28-29,33,36-73H2,1-3H3/b25-22-,30-27-,34-31-,35-32-. The fourth-order valence-corrected chi connectivity index (χ4v) is 11.2. The number of unbranched alkanes of at least 4 members (excludes halogenated alkanes) is 50. The summed E-state index contributed by atoms with van der Waals surface area (Å²) in [6.45, 7) is 6.70. The Hall–Kier alpha value is -2.63. The molecular formula is C77H142O6. The molecule has 1 unspecified atom stereocenters. The molecule has 0 aromatic carbocycles. The number of carbonyl (C=O) groups is 3. The maximum Gasteiger partial charge on any atom is 0.306 e. The first-order valence-corrected chi connectivity index (χ1v) is 37.1. The highest BCUT2D eigenvalue weighted by Crippen LogP contribution is 2.18. The molecule has 1 atom stereocenters. The molecular weight excluding hydrogens is 1020 g/mol. The van der Waals surface area contributed by atoms with Crippen molar-refractivity contribution in [3.05, 3.63) is 48.6 Å². The van der Waals surface area contributed by atoms with E-state index < -0.39 is 6.10 Å². The smallest absolute Gasteiger partial charge is 0.306 e. The van der Waals surface area contributed by atoms with Crippen molar-refractivity contribution in [3.63, 3.8) is 0 Å². The van der Waals surface area contributed by atoms with Crippen LogP contribution in [0.1, 0.15) is 406 Å². The third-order valence-corrected chi connectivity index (χ3v) is 16.8. The molecule has 0 saturated carbocycles. The summed E-state index contributed by atoms with van der Waals surface area (Å²) in [6.07, 6.45) is 91.4. The van der Waals surface area contributed by atoms with E-state index in [2.05, 4.69) is 69.4 Å². The van der Waals surface area contributed by atoms with Gasteiger partial charge in [0.15, 0.2) is 6.10 Å². The maximum absolute atomic E-state index is 13.0. The monoisotopic (exact) mass is 1160 g/mol. The van der Waals surface area contributed by atoms with Crippen molar-refractivity contribution in [1.82, 2.24) is 0 Å². The molecule has 0 aliphatic heterocycles. The Bertz CT molecular complexity index is 1430. The Labute approximate surface area is 518 Å². The second-order valence-electron chi connectivity index (χ2n) is 25.2. The van der Waals surface area contributed by atoms with Crippen LogP contribution in [0.15, 0.2) is 48.6 Å². The zero-order chi connectivity index (χ0) is 59.9. The summed E-state index contributed by atoms with van der Waals surface area (Å²) in [6, 6.07) is 0. The molecule has 0 spiro atoms. The minimum absolute atomic E-state index is 0.0712. The van der Waals surface area contributed by atoms with Crippen LogP contribution in [0.2, 0.25) is 0 Å². The molecule has 0 radical (unpaired) electrons. The van der Waals surface area contributed by atoms with Gasteiger partial charge in [-0.05, 0) is 103 Å². The van der Waals surface area contributed by atoms with Crippen LogP contribution in [0.3, 0.4) is 0 Å². The predicted octanol–water partition coefficient (Wildman–Crippen LogP) is 25.7. The first-order chi connectivity index (χ1) is 41.0. The van der Waals surface area contributed by atoms with E-state index in [0.29, 0.717) is 19.3 Å². The number of hydrogen-bond donors (Lipinski definition) is 0. The SMILES string of the molecule is CCCCCCC/C=C\C/C=C\CCCCCCCCCCCCCCCC(=O)OCC(COC(=O)CCCCCCCCCCC/C=C\CCCCCCCC)OC(=O)CCCCCCCCCCC/C=C\CCCCCCCCCC. The van der Waals surface area contributed by atoms with Gasteiger partial charge in [-0.15, -0.1) is 0 Å². The van der Waals surface area contributed by atoms with Crippen molar-refractivity contribution in [2.45, 2.75) is 412 Å². The third kappa shape index (κ3) is 70.0. The summed E-state index contributed by atoms with van der Waals surface area (Å²) in [5.74, 6) is -0.847. The summed E-state index contributed by atoms with van der Waals surface area (Å²) < 4.78 is 17.0. The number of esters is 3. The molecule has 0 aliphatic carbocycles. The topological polar surface area (TPSA) is 78.9 Å². The van der Waals surface area contributed by atoms with Gasteiger partial charge in [0.2, 0.25) is 0 Å². The minimum atomic E-state index is -0.776. The van der Waals surface area contributed by atoms with Crippen LogP contribution < -0.4 is 0 Å². The lowest BCUT2D eigenvalue weighted by molar-refractivity contribution is -0.167. The van der Waals surface area contributed by atoms with Gasteiger partial charge in [-0.3, -0.25) is 14.4 Å². The van der Waals surface area contributed by atoms with Gasteiger partial charge in [0, 0.05) is 19.3 Å². The van der Waals surface area contributed by atoms with E-state index in [4.69, 9.17) is 14.2 Å². The zero-order valence-corrected chi connectivity index (χ0v) is 56.0. The third-order valence-electron chi connectivity index (χ3n) is 16.8. The van der Waals surface area contributed by atoms with E-state index >= 15 is 0 Å². The largest absolute Gasteiger partial charge is 0.462 e. The van der Waals surface area contributed by atoms with Gasteiger partial charge in [0.05, 0.1) is 0 Å². The highest BCUT2D eigenvalue weighted by Gasteiger charge is 2.19. The average molecular weight is 1160 g/mol. The Kier molecular flexibility index (Phi) is 69.6. The number of hydrogen-bond acceptors (Lipinski definition) is 6. The number of rotatable bonds is 69. The van der Waals surface area contributed by atoms with Crippen LogP contribution >= 0.6 is 0 Å². The molecule has 6 nitrogen and oxygen atoms in total. The maximum atomic E-state index is 13.0. The minimum Gasteiger partial charge on any atom is -0.462 e. The normalized spacial score (nSPS) is 12.3. The van der Waals surface area contributed by atoms with Gasteiger partial charge < -0.3 is 14.2 Å². The van der Waals surface area contributed by atoms with Crippen molar-refractivity contribution in [2.24, 2.45) is 0 Å². The van der Waals surface area contributed by atoms with E-state index in [9.17, 15) is 14.4 Å². The van der Waals surface area contributed by atoms with Crippen LogP contribution in [-0.4, -0.2) is 37.2 Å². The van der Waals surface area contributed by atoms with Crippen LogP contribution in [0, 0.1) is 0 Å². The molecule has 0 aromatic rings. The van der Waals surface area contributed by atoms with Crippen molar-refractivity contribution >= 4 is 17.9 Å². The molecule has 0 N–H and O–H groups in total. The Balaban J connectivity index is 4.32. The molecule has 486 valence electrons. The number of allylic oxidation sites excluding steroid dienone is 8. The van der Waals surface area contributed by atoms with Crippen molar-refractivity contribution < 1.29 is 28.6 Å². The lowest BCUT2D eigenvalue weighted by Crippen LogP contribution is -2.30. The van der Waals surface area contributed by atoms with Gasteiger partial charge in [-0.2, -0.15) is 0 Å². The average Bonchev–Trinajstić information content (AvgIpc) is 3.50. The lowest BCUT2D eigenvalue weighted by Gasteiger charge is -2.18. The second kappa shape index (κ2) is 71.8. The number of ether oxygens (including phenoxy) is 3. The quantitative estimate of drug-likeness (QED) is 0.0261. The van der Waals surface area contributed by atoms with Gasteiger partial charge in [0.25, 0.3) is 0 Å². The molecule has 0 fully saturated rings. The summed E-state index contributed by atoms with van der Waals surface area (Å²) in [5, 5.41) is 0. The van der Waals surface area contributed by atoms with E-state index in [-0.39, 0.29) is 31.1 Å². The van der Waals surface area contributed by atoms with E-state index in [1.807, 2.05) is 0 Å². The van der Waals surface area contributed by atoms with Gasteiger partial charge in [0.1, 0.15) is 13.2 Å². The van der Waals surface area contributed by atoms with Crippen molar-refractivity contribution in [3.8, 4) is 0 Å². The zero-order valence-electron chi connectivity index (χ0n) is 56.0. The van der Waals surface area contributed by atoms with Gasteiger partial charge >= 0.3 is 17.9 Å². The summed E-state index contributed by atoms with van der Waals surface area (Å²) in [7, 11) is 0. The first-order valence-electron chi connectivity index (χ1n) is 37.1. The molecule has 83 heavy (non-hydrogen) atoms. The fraction of sp³-hybridized carbons (Fsp3) is 0.857. The molecule has 0 aliphatic rings. The molecule has 0 saturated heterocycles. The Morgan fingerprint density at radius 3 is 0.675 bits per heavy atom. The Morgan fingerprint density at radius 1 is 0.241 bits per heavy atom. The number of carbonyl (C=O) groups excluding carboxylic acids is 3. The molecule has 0 amide bonds. The van der Waals surface area contributed by atoms with Crippen LogP contribution in [0.4, 0.5) is 0 Å². The highest BCUT2D eigenvalue weighted by atomic mass is 16.6. The van der Waals surface area contributed by atoms with Gasteiger partial charge in [-0.1, -0.05) is 333 Å². The summed E-state index contributed by atoms with van der Waals surface area (Å²) >= 11 is 0. The lowest BCUT2D eigenvalue weighted by atomic mass is 10.0.